The number of hydrogen-bond donors (Lipinski definition) is 2. The smallest absolute Gasteiger partial charge is 0.343 e. The van der Waals surface area contributed by atoms with Gasteiger partial charge in [0.25, 0.3) is 0 Å². The molecule has 2 aromatic rings. The first-order valence-corrected chi connectivity index (χ1v) is 6.92. The highest BCUT2D eigenvalue weighted by molar-refractivity contribution is 6.03. The maximum atomic E-state index is 11.0. The maximum absolute atomic E-state index is 11.0. The van der Waals surface area contributed by atoms with Crippen LogP contribution in [-0.2, 0) is 16.0 Å². The molecular formula is C17H17NO5. The number of hydrogen-bond acceptors (Lipinski definition) is 6. The average Bonchev–Trinajstić information content (AvgIpc) is 2.59. The molecule has 0 aromatic heterocycles. The van der Waals surface area contributed by atoms with Gasteiger partial charge in [-0.25, -0.2) is 4.79 Å². The Bertz CT molecular complexity index is 697. The zero-order valence-electron chi connectivity index (χ0n) is 12.6. The number of ether oxygens (including phenoxy) is 2. The van der Waals surface area contributed by atoms with E-state index in [1.807, 2.05) is 30.3 Å². The van der Waals surface area contributed by atoms with Gasteiger partial charge in [0.15, 0.2) is 6.61 Å². The third-order valence-electron chi connectivity index (χ3n) is 3.20. The molecule has 0 fully saturated rings. The van der Waals surface area contributed by atoms with Gasteiger partial charge in [0.05, 0.1) is 12.8 Å². The van der Waals surface area contributed by atoms with Crippen molar-refractivity contribution in [3.63, 3.8) is 0 Å². The van der Waals surface area contributed by atoms with Crippen LogP contribution in [0.15, 0.2) is 53.7 Å². The molecule has 2 N–H and O–H groups in total. The molecule has 23 heavy (non-hydrogen) atoms. The molecule has 0 saturated heterocycles. The summed E-state index contributed by atoms with van der Waals surface area (Å²) in [6.07, 6.45) is 0.368. The number of benzene rings is 2. The fourth-order valence-electron chi connectivity index (χ4n) is 2.02. The third-order valence-corrected chi connectivity index (χ3v) is 3.20. The first-order chi connectivity index (χ1) is 11.1. The normalized spacial score (nSPS) is 11.1. The molecule has 0 aliphatic heterocycles. The summed E-state index contributed by atoms with van der Waals surface area (Å²) in [5.74, 6) is -0.306. The number of methoxy groups -OCH3 is 1. The topological polar surface area (TPSA) is 88.4 Å². The van der Waals surface area contributed by atoms with Gasteiger partial charge in [-0.3, -0.25) is 0 Å². The molecule has 0 spiro atoms. The van der Waals surface area contributed by atoms with Crippen molar-refractivity contribution in [2.24, 2.45) is 5.16 Å². The van der Waals surface area contributed by atoms with Crippen molar-refractivity contribution < 1.29 is 24.6 Å². The summed E-state index contributed by atoms with van der Waals surface area (Å²) in [6, 6.07) is 14.0. The summed E-state index contributed by atoms with van der Waals surface area (Å²) in [5, 5.41) is 22.6. The second kappa shape index (κ2) is 7.84. The molecule has 0 amide bonds. The second-order valence-corrected chi connectivity index (χ2v) is 4.75. The number of phenolic OH excluding ortho intramolecular Hbond substituents is 1. The van der Waals surface area contributed by atoms with Crippen LogP contribution in [0.2, 0.25) is 0 Å². The van der Waals surface area contributed by atoms with Crippen LogP contribution < -0.4 is 4.74 Å². The van der Waals surface area contributed by atoms with Gasteiger partial charge in [-0.2, -0.15) is 0 Å². The zero-order valence-corrected chi connectivity index (χ0v) is 12.6. The number of oxime groups is 1. The van der Waals surface area contributed by atoms with Gasteiger partial charge in [0.2, 0.25) is 0 Å². The summed E-state index contributed by atoms with van der Waals surface area (Å²) in [4.78, 5) is 11.0. The Balaban J connectivity index is 2.14. The Labute approximate surface area is 133 Å². The Morgan fingerprint density at radius 2 is 1.91 bits per heavy atom. The third kappa shape index (κ3) is 4.47. The van der Waals surface area contributed by atoms with Gasteiger partial charge in [0.1, 0.15) is 11.5 Å². The van der Waals surface area contributed by atoms with Gasteiger partial charge in [-0.1, -0.05) is 35.5 Å². The van der Waals surface area contributed by atoms with Crippen molar-refractivity contribution in [2.45, 2.75) is 6.42 Å². The maximum Gasteiger partial charge on any atom is 0.343 e. The van der Waals surface area contributed by atoms with E-state index in [0.29, 0.717) is 23.4 Å². The van der Waals surface area contributed by atoms with E-state index in [1.165, 1.54) is 13.2 Å². The van der Waals surface area contributed by atoms with E-state index >= 15 is 0 Å². The molecule has 0 aliphatic rings. The molecule has 6 nitrogen and oxygen atoms in total. The Hall–Kier alpha value is -3.02. The van der Waals surface area contributed by atoms with Crippen molar-refractivity contribution in [3.05, 3.63) is 59.7 Å². The summed E-state index contributed by atoms with van der Waals surface area (Å²) >= 11 is 0. The summed E-state index contributed by atoms with van der Waals surface area (Å²) < 4.78 is 9.66. The molecule has 0 atom stereocenters. The standard InChI is InChI=1S/C17H17NO5/c1-22-17(20)11-23-13-7-8-14(16(19)10-13)15(18-21)9-12-5-3-2-4-6-12/h2-8,10,19,21H,9,11H2,1H3/b18-15-. The van der Waals surface area contributed by atoms with Crippen LogP contribution in [-0.4, -0.2) is 35.7 Å². The van der Waals surface area contributed by atoms with Crippen LogP contribution in [0, 0.1) is 0 Å². The van der Waals surface area contributed by atoms with Crippen molar-refractivity contribution in [1.29, 1.82) is 0 Å². The molecule has 0 radical (unpaired) electrons. The fourth-order valence-corrected chi connectivity index (χ4v) is 2.02. The minimum Gasteiger partial charge on any atom is -0.507 e. The highest BCUT2D eigenvalue weighted by Gasteiger charge is 2.12. The highest BCUT2D eigenvalue weighted by atomic mass is 16.6. The van der Waals surface area contributed by atoms with Gasteiger partial charge < -0.3 is 19.8 Å². The SMILES string of the molecule is COC(=O)COc1ccc(/C(Cc2ccccc2)=N\O)c(O)c1. The van der Waals surface area contributed by atoms with Gasteiger partial charge in [-0.15, -0.1) is 0 Å². The number of carbonyl (C=O) groups excluding carboxylic acids is 1. The van der Waals surface area contributed by atoms with Crippen LogP contribution in [0.25, 0.3) is 0 Å². The van der Waals surface area contributed by atoms with E-state index in [2.05, 4.69) is 9.89 Å². The Kier molecular flexibility index (Phi) is 5.57. The van der Waals surface area contributed by atoms with Crippen LogP contribution in [0.5, 0.6) is 11.5 Å². The van der Waals surface area contributed by atoms with Crippen LogP contribution in [0.3, 0.4) is 0 Å². The van der Waals surface area contributed by atoms with E-state index in [9.17, 15) is 15.1 Å². The van der Waals surface area contributed by atoms with E-state index in [1.54, 1.807) is 12.1 Å². The summed E-state index contributed by atoms with van der Waals surface area (Å²) in [5.41, 5.74) is 1.67. The lowest BCUT2D eigenvalue weighted by atomic mass is 10.0. The van der Waals surface area contributed by atoms with E-state index in [0.717, 1.165) is 5.56 Å². The molecule has 0 heterocycles. The molecule has 0 aliphatic carbocycles. The average molecular weight is 315 g/mol. The van der Waals surface area contributed by atoms with E-state index in [-0.39, 0.29) is 12.4 Å². The number of phenols is 1. The number of aromatic hydroxyl groups is 1. The van der Waals surface area contributed by atoms with Gasteiger partial charge in [-0.05, 0) is 17.7 Å². The first-order valence-electron chi connectivity index (χ1n) is 6.92. The van der Waals surface area contributed by atoms with Gasteiger partial charge in [0, 0.05) is 18.1 Å². The Morgan fingerprint density at radius 1 is 1.17 bits per heavy atom. The number of nitrogens with zero attached hydrogens (tertiary/aromatic N) is 1. The van der Waals surface area contributed by atoms with Crippen molar-refractivity contribution >= 4 is 11.7 Å². The van der Waals surface area contributed by atoms with Crippen molar-refractivity contribution in [2.75, 3.05) is 13.7 Å². The fraction of sp³-hybridized carbons (Fsp3) is 0.176. The van der Waals surface area contributed by atoms with Crippen LogP contribution in [0.1, 0.15) is 11.1 Å². The van der Waals surface area contributed by atoms with E-state index in [4.69, 9.17) is 4.74 Å². The molecule has 0 saturated carbocycles. The lowest BCUT2D eigenvalue weighted by molar-refractivity contribution is -0.142. The lowest BCUT2D eigenvalue weighted by Gasteiger charge is -2.10. The Morgan fingerprint density at radius 3 is 2.52 bits per heavy atom. The van der Waals surface area contributed by atoms with Crippen LogP contribution >= 0.6 is 0 Å². The molecule has 2 rings (SSSR count). The molecule has 6 heteroatoms. The van der Waals surface area contributed by atoms with Gasteiger partial charge >= 0.3 is 5.97 Å². The minimum atomic E-state index is -0.518. The zero-order chi connectivity index (χ0) is 16.7. The molecular weight excluding hydrogens is 298 g/mol. The predicted molar refractivity (Wildman–Crippen MR) is 84.1 cm³/mol. The van der Waals surface area contributed by atoms with Crippen molar-refractivity contribution in [3.8, 4) is 11.5 Å². The molecule has 120 valence electrons. The number of esters is 1. The largest absolute Gasteiger partial charge is 0.507 e. The summed E-state index contributed by atoms with van der Waals surface area (Å²) in [7, 11) is 1.26. The van der Waals surface area contributed by atoms with E-state index < -0.39 is 5.97 Å². The lowest BCUT2D eigenvalue weighted by Crippen LogP contribution is -2.12. The molecule has 0 bridgehead atoms. The predicted octanol–water partition coefficient (Wildman–Crippen LogP) is 2.37. The quantitative estimate of drug-likeness (QED) is 0.370. The summed E-state index contributed by atoms with van der Waals surface area (Å²) in [6.45, 7) is -0.250. The second-order valence-electron chi connectivity index (χ2n) is 4.75. The van der Waals surface area contributed by atoms with Crippen LogP contribution in [0.4, 0.5) is 0 Å². The molecule has 0 unspecified atom stereocenters. The number of carbonyl (C=O) groups is 1. The minimum absolute atomic E-state index is 0.101. The number of rotatable bonds is 6. The highest BCUT2D eigenvalue weighted by Crippen LogP contribution is 2.25. The first kappa shape index (κ1) is 16.4. The van der Waals surface area contributed by atoms with Crippen molar-refractivity contribution in [1.82, 2.24) is 0 Å². The molecule has 2 aromatic carbocycles. The monoisotopic (exact) mass is 315 g/mol.